The number of benzene rings is 2. The minimum atomic E-state index is -0.582. The number of carbonyl (C=O) groups excluding carboxylic acids is 2. The molecule has 142 valence electrons. The maximum atomic E-state index is 13.1. The molecule has 2 aromatic carbocycles. The van der Waals surface area contributed by atoms with Crippen LogP contribution in [0.15, 0.2) is 42.5 Å². The fraction of sp³-hybridized carbons (Fsp3) is 0.364. The smallest absolute Gasteiger partial charge is 0.319 e. The van der Waals surface area contributed by atoms with E-state index in [0.29, 0.717) is 6.54 Å². The van der Waals surface area contributed by atoms with Gasteiger partial charge in [0.25, 0.3) is 0 Å². The molecular weight excluding hydrogens is 338 g/mol. The number of nitrogens with one attached hydrogen (secondary N) is 2. The Morgan fingerprint density at radius 3 is 2.52 bits per heavy atom. The minimum absolute atomic E-state index is 0.0184. The molecule has 3 rings (SSSR count). The first-order valence-corrected chi connectivity index (χ1v) is 9.41. The van der Waals surface area contributed by atoms with Crippen molar-refractivity contribution in [2.24, 2.45) is 5.92 Å². The molecule has 0 spiro atoms. The van der Waals surface area contributed by atoms with Crippen LogP contribution in [0.3, 0.4) is 0 Å². The van der Waals surface area contributed by atoms with Crippen molar-refractivity contribution < 1.29 is 9.59 Å². The lowest BCUT2D eigenvalue weighted by Crippen LogP contribution is -2.52. The largest absolute Gasteiger partial charge is 0.326 e. The number of urea groups is 1. The first-order chi connectivity index (χ1) is 12.9. The molecule has 27 heavy (non-hydrogen) atoms. The third-order valence-corrected chi connectivity index (χ3v) is 5.00. The lowest BCUT2D eigenvalue weighted by atomic mass is 10.0. The highest BCUT2D eigenvalue weighted by Gasteiger charge is 2.32. The molecular formula is C22H27N3O2. The van der Waals surface area contributed by atoms with Crippen LogP contribution >= 0.6 is 0 Å². The van der Waals surface area contributed by atoms with E-state index in [1.165, 1.54) is 5.56 Å². The van der Waals surface area contributed by atoms with Crippen molar-refractivity contribution in [3.8, 4) is 0 Å². The zero-order valence-corrected chi connectivity index (χ0v) is 16.4. The Hall–Kier alpha value is -2.82. The van der Waals surface area contributed by atoms with Gasteiger partial charge in [-0.05, 0) is 49.4 Å². The van der Waals surface area contributed by atoms with Crippen molar-refractivity contribution in [3.63, 3.8) is 0 Å². The summed E-state index contributed by atoms with van der Waals surface area (Å²) in [7, 11) is 0. The number of fused-ring (bicyclic) bond motifs is 1. The third-order valence-electron chi connectivity index (χ3n) is 5.00. The zero-order valence-electron chi connectivity index (χ0n) is 16.4. The second-order valence-corrected chi connectivity index (χ2v) is 7.51. The van der Waals surface area contributed by atoms with Gasteiger partial charge in [0, 0.05) is 17.9 Å². The Bertz CT molecular complexity index is 860. The third kappa shape index (κ3) is 4.13. The number of carbonyl (C=O) groups is 2. The predicted molar refractivity (Wildman–Crippen MR) is 109 cm³/mol. The summed E-state index contributed by atoms with van der Waals surface area (Å²) in [6.07, 6.45) is 0.849. The van der Waals surface area contributed by atoms with Gasteiger partial charge in [0.15, 0.2) is 0 Å². The zero-order chi connectivity index (χ0) is 19.6. The summed E-state index contributed by atoms with van der Waals surface area (Å²) in [5, 5.41) is 5.74. The monoisotopic (exact) mass is 365 g/mol. The van der Waals surface area contributed by atoms with Crippen LogP contribution in [-0.4, -0.2) is 24.5 Å². The molecule has 0 radical (unpaired) electrons. The molecule has 2 aromatic rings. The molecule has 0 saturated heterocycles. The molecule has 0 unspecified atom stereocenters. The average molecular weight is 365 g/mol. The highest BCUT2D eigenvalue weighted by atomic mass is 16.2. The van der Waals surface area contributed by atoms with Gasteiger partial charge >= 0.3 is 6.03 Å². The van der Waals surface area contributed by atoms with E-state index in [2.05, 4.69) is 10.6 Å². The van der Waals surface area contributed by atoms with Crippen LogP contribution < -0.4 is 15.5 Å². The van der Waals surface area contributed by atoms with E-state index < -0.39 is 6.04 Å². The number of anilines is 2. The standard InChI is InChI=1S/C22H27N3O2/c1-14(2)20(21(26)25-12-11-17-7-5-6-8-19(17)25)24-22(27)23-18-10-9-15(3)13-16(18)4/h5-10,13-14,20H,11-12H2,1-4H3,(H2,23,24,27)/t20-/m0/s1. The molecule has 1 aliphatic heterocycles. The lowest BCUT2D eigenvalue weighted by Gasteiger charge is -2.27. The van der Waals surface area contributed by atoms with Gasteiger partial charge in [-0.2, -0.15) is 0 Å². The van der Waals surface area contributed by atoms with Gasteiger partial charge in [-0.15, -0.1) is 0 Å². The van der Waals surface area contributed by atoms with Crippen LogP contribution in [0.5, 0.6) is 0 Å². The summed E-state index contributed by atoms with van der Waals surface area (Å²) >= 11 is 0. The highest BCUT2D eigenvalue weighted by Crippen LogP contribution is 2.28. The van der Waals surface area contributed by atoms with Gasteiger partial charge in [-0.3, -0.25) is 4.79 Å². The molecule has 0 fully saturated rings. The molecule has 1 heterocycles. The number of para-hydroxylation sites is 1. The van der Waals surface area contributed by atoms with Gasteiger partial charge in [0.1, 0.15) is 6.04 Å². The molecule has 2 N–H and O–H groups in total. The number of amides is 3. The van der Waals surface area contributed by atoms with Gasteiger partial charge in [-0.1, -0.05) is 49.7 Å². The van der Waals surface area contributed by atoms with Crippen LogP contribution in [0.25, 0.3) is 0 Å². The molecule has 0 saturated carbocycles. The predicted octanol–water partition coefficient (Wildman–Crippen LogP) is 4.04. The van der Waals surface area contributed by atoms with Gasteiger partial charge in [-0.25, -0.2) is 4.79 Å². The van der Waals surface area contributed by atoms with Crippen LogP contribution in [0, 0.1) is 19.8 Å². The van der Waals surface area contributed by atoms with Crippen LogP contribution in [0.1, 0.15) is 30.5 Å². The van der Waals surface area contributed by atoms with Crippen LogP contribution in [0.4, 0.5) is 16.2 Å². The average Bonchev–Trinajstić information content (AvgIpc) is 3.05. The van der Waals surface area contributed by atoms with Crippen molar-refractivity contribution >= 4 is 23.3 Å². The Balaban J connectivity index is 1.72. The molecule has 1 atom stereocenters. The fourth-order valence-electron chi connectivity index (χ4n) is 3.50. The fourth-order valence-corrected chi connectivity index (χ4v) is 3.50. The summed E-state index contributed by atoms with van der Waals surface area (Å²) in [4.78, 5) is 27.5. The Labute approximate surface area is 160 Å². The molecule has 5 heteroatoms. The van der Waals surface area contributed by atoms with Crippen molar-refractivity contribution in [3.05, 3.63) is 59.2 Å². The summed E-state index contributed by atoms with van der Waals surface area (Å²) in [6.45, 7) is 8.51. The van der Waals surface area contributed by atoms with E-state index in [9.17, 15) is 9.59 Å². The van der Waals surface area contributed by atoms with Crippen molar-refractivity contribution in [1.82, 2.24) is 5.32 Å². The second kappa shape index (κ2) is 7.82. The van der Waals surface area contributed by atoms with Gasteiger partial charge < -0.3 is 15.5 Å². The van der Waals surface area contributed by atoms with Crippen LogP contribution in [0.2, 0.25) is 0 Å². The van der Waals surface area contributed by atoms with Crippen molar-refractivity contribution in [1.29, 1.82) is 0 Å². The lowest BCUT2D eigenvalue weighted by molar-refractivity contribution is -0.121. The molecule has 3 amide bonds. The second-order valence-electron chi connectivity index (χ2n) is 7.51. The van der Waals surface area contributed by atoms with Gasteiger partial charge in [0.2, 0.25) is 5.91 Å². The van der Waals surface area contributed by atoms with Crippen molar-refractivity contribution in [2.45, 2.75) is 40.2 Å². The first-order valence-electron chi connectivity index (χ1n) is 9.41. The molecule has 0 aromatic heterocycles. The van der Waals surface area contributed by atoms with Crippen molar-refractivity contribution in [2.75, 3.05) is 16.8 Å². The molecule has 0 aliphatic carbocycles. The number of hydrogen-bond acceptors (Lipinski definition) is 2. The number of rotatable bonds is 4. The number of nitrogens with zero attached hydrogens (tertiary/aromatic N) is 1. The first kappa shape index (κ1) is 19.0. The Kier molecular flexibility index (Phi) is 5.49. The van der Waals surface area contributed by atoms with E-state index in [1.807, 2.05) is 70.2 Å². The van der Waals surface area contributed by atoms with Crippen LogP contribution in [-0.2, 0) is 11.2 Å². The summed E-state index contributed by atoms with van der Waals surface area (Å²) in [5.41, 5.74) is 5.00. The Morgan fingerprint density at radius 2 is 1.81 bits per heavy atom. The maximum Gasteiger partial charge on any atom is 0.319 e. The maximum absolute atomic E-state index is 13.1. The van der Waals surface area contributed by atoms with E-state index >= 15 is 0 Å². The van der Waals surface area contributed by atoms with E-state index in [4.69, 9.17) is 0 Å². The van der Waals surface area contributed by atoms with E-state index in [0.717, 1.165) is 28.9 Å². The highest BCUT2D eigenvalue weighted by molar-refractivity contribution is 6.02. The summed E-state index contributed by atoms with van der Waals surface area (Å²) in [6, 6.07) is 12.9. The minimum Gasteiger partial charge on any atom is -0.326 e. The quantitative estimate of drug-likeness (QED) is 0.859. The van der Waals surface area contributed by atoms with E-state index in [1.54, 1.807) is 4.90 Å². The number of hydrogen-bond donors (Lipinski definition) is 2. The molecule has 1 aliphatic rings. The topological polar surface area (TPSA) is 61.4 Å². The molecule has 5 nitrogen and oxygen atoms in total. The Morgan fingerprint density at radius 1 is 1.07 bits per heavy atom. The summed E-state index contributed by atoms with van der Waals surface area (Å²) < 4.78 is 0. The normalized spacial score (nSPS) is 14.0. The SMILES string of the molecule is Cc1ccc(NC(=O)N[C@H](C(=O)N2CCc3ccccc32)C(C)C)c(C)c1. The van der Waals surface area contributed by atoms with E-state index in [-0.39, 0.29) is 17.9 Å². The van der Waals surface area contributed by atoms with Gasteiger partial charge in [0.05, 0.1) is 0 Å². The molecule has 0 bridgehead atoms. The summed E-state index contributed by atoms with van der Waals surface area (Å²) in [5.74, 6) is -0.0825. The number of aryl methyl sites for hydroxylation is 2.